The second-order valence-electron chi connectivity index (χ2n) is 8.43. The third-order valence-corrected chi connectivity index (χ3v) is 6.76. The summed E-state index contributed by atoms with van der Waals surface area (Å²) in [6.45, 7) is 1.08. The molecule has 3 rings (SSSR count). The van der Waals surface area contributed by atoms with Gasteiger partial charge in [-0.2, -0.15) is 18.7 Å². The van der Waals surface area contributed by atoms with Crippen molar-refractivity contribution in [3.05, 3.63) is 54.1 Å². The molecule has 1 atom stereocenters. The van der Waals surface area contributed by atoms with Gasteiger partial charge in [0.25, 0.3) is 5.91 Å². The lowest BCUT2D eigenvalue weighted by molar-refractivity contribution is -0.137. The van der Waals surface area contributed by atoms with Crippen molar-refractivity contribution < 1.29 is 45.9 Å². The molecule has 0 spiro atoms. The first-order valence-corrected chi connectivity index (χ1v) is 13.1. The summed E-state index contributed by atoms with van der Waals surface area (Å²) in [5, 5.41) is 9.12. The van der Waals surface area contributed by atoms with Crippen molar-refractivity contribution in [1.29, 1.82) is 0 Å². The Labute approximate surface area is 212 Å². The summed E-state index contributed by atoms with van der Waals surface area (Å²) in [6.07, 6.45) is -1.94. The Morgan fingerprint density at radius 3 is 2.19 bits per heavy atom. The number of hydrogen-bond acceptors (Lipinski definition) is 8. The summed E-state index contributed by atoms with van der Waals surface area (Å²) >= 11 is 0. The molecule has 37 heavy (non-hydrogen) atoms. The van der Waals surface area contributed by atoms with E-state index in [0.29, 0.717) is 13.2 Å². The predicted molar refractivity (Wildman–Crippen MR) is 126 cm³/mol. The Hall–Kier alpha value is -2.91. The van der Waals surface area contributed by atoms with Gasteiger partial charge in [0, 0.05) is 13.2 Å². The SMILES string of the molecule is CS(=O)(=O)N(C[C@H](NOCC1CCOCC1)C(=O)NO)c1ccc(Oc2ccc(C(F)(F)F)cc2)cc1. The Morgan fingerprint density at radius 1 is 1.11 bits per heavy atom. The predicted octanol–water partition coefficient (Wildman–Crippen LogP) is 3.09. The van der Waals surface area contributed by atoms with Crippen LogP contribution in [0.3, 0.4) is 0 Å². The highest BCUT2D eigenvalue weighted by molar-refractivity contribution is 7.92. The van der Waals surface area contributed by atoms with Crippen LogP contribution in [-0.2, 0) is 30.6 Å². The van der Waals surface area contributed by atoms with Gasteiger partial charge in [-0.1, -0.05) is 0 Å². The fourth-order valence-electron chi connectivity index (χ4n) is 3.56. The van der Waals surface area contributed by atoms with E-state index in [4.69, 9.17) is 19.5 Å². The second kappa shape index (κ2) is 12.6. The van der Waals surface area contributed by atoms with E-state index >= 15 is 0 Å². The lowest BCUT2D eigenvalue weighted by Crippen LogP contribution is -2.51. The van der Waals surface area contributed by atoms with E-state index in [1.807, 2.05) is 0 Å². The molecule has 0 bridgehead atoms. The van der Waals surface area contributed by atoms with Crippen molar-refractivity contribution >= 4 is 21.6 Å². The topological polar surface area (TPSA) is 126 Å². The van der Waals surface area contributed by atoms with Crippen LogP contribution in [0.25, 0.3) is 0 Å². The first-order valence-electron chi connectivity index (χ1n) is 11.3. The van der Waals surface area contributed by atoms with Gasteiger partial charge in [-0.05, 0) is 67.3 Å². The number of carbonyl (C=O) groups excluding carboxylic acids is 1. The number of carbonyl (C=O) groups is 1. The number of nitrogens with one attached hydrogen (secondary N) is 2. The molecule has 1 heterocycles. The molecule has 204 valence electrons. The van der Waals surface area contributed by atoms with Gasteiger partial charge in [0.1, 0.15) is 17.5 Å². The lowest BCUT2D eigenvalue weighted by Gasteiger charge is -2.28. The molecule has 2 aromatic rings. The zero-order valence-corrected chi connectivity index (χ0v) is 20.7. The fraction of sp³-hybridized carbons (Fsp3) is 0.435. The van der Waals surface area contributed by atoms with Crippen LogP contribution in [0.5, 0.6) is 11.5 Å². The molecule has 0 aliphatic carbocycles. The Kier molecular flexibility index (Phi) is 9.73. The number of hydrogen-bond donors (Lipinski definition) is 3. The molecule has 0 radical (unpaired) electrons. The standard InChI is InChI=1S/C23H28F3N3O7S/c1-37(32,33)29(14-21(22(30)27-31)28-35-15-16-10-12-34-13-11-16)18-4-8-20(9-5-18)36-19-6-2-17(3-7-19)23(24,25)26/h2-9,16,21,28,31H,10-15H2,1H3,(H,27,30)/t21-/m0/s1. The molecule has 1 aliphatic rings. The molecular weight excluding hydrogens is 519 g/mol. The summed E-state index contributed by atoms with van der Waals surface area (Å²) in [7, 11) is -3.88. The minimum Gasteiger partial charge on any atom is -0.457 e. The van der Waals surface area contributed by atoms with Crippen LogP contribution in [0.1, 0.15) is 18.4 Å². The van der Waals surface area contributed by atoms with Crippen LogP contribution in [0, 0.1) is 5.92 Å². The van der Waals surface area contributed by atoms with Gasteiger partial charge in [-0.15, -0.1) is 0 Å². The molecule has 14 heteroatoms. The van der Waals surface area contributed by atoms with Crippen molar-refractivity contribution in [2.45, 2.75) is 25.1 Å². The van der Waals surface area contributed by atoms with E-state index in [1.165, 1.54) is 41.9 Å². The maximum Gasteiger partial charge on any atom is 0.416 e. The van der Waals surface area contributed by atoms with E-state index in [1.54, 1.807) is 0 Å². The quantitative estimate of drug-likeness (QED) is 0.290. The number of ether oxygens (including phenoxy) is 2. The van der Waals surface area contributed by atoms with Crippen molar-refractivity contribution in [2.24, 2.45) is 5.92 Å². The van der Waals surface area contributed by atoms with E-state index < -0.39 is 40.3 Å². The molecule has 1 aliphatic heterocycles. The fourth-order valence-corrected chi connectivity index (χ4v) is 4.48. The number of alkyl halides is 3. The van der Waals surface area contributed by atoms with Crippen LogP contribution in [-0.4, -0.2) is 58.2 Å². The van der Waals surface area contributed by atoms with Crippen molar-refractivity contribution in [3.63, 3.8) is 0 Å². The summed E-state index contributed by atoms with van der Waals surface area (Å²) in [5.74, 6) is -0.281. The first kappa shape index (κ1) is 28.7. The summed E-state index contributed by atoms with van der Waals surface area (Å²) in [5.41, 5.74) is 3.39. The molecule has 3 N–H and O–H groups in total. The Morgan fingerprint density at radius 2 is 1.68 bits per heavy atom. The average Bonchev–Trinajstić information content (AvgIpc) is 2.86. The first-order chi connectivity index (χ1) is 17.5. The van der Waals surface area contributed by atoms with Gasteiger partial charge in [-0.3, -0.25) is 14.3 Å². The van der Waals surface area contributed by atoms with E-state index in [9.17, 15) is 26.4 Å². The van der Waals surface area contributed by atoms with Gasteiger partial charge in [0.2, 0.25) is 10.0 Å². The zero-order valence-electron chi connectivity index (χ0n) is 19.9. The van der Waals surface area contributed by atoms with E-state index in [0.717, 1.165) is 35.5 Å². The molecule has 1 fully saturated rings. The summed E-state index contributed by atoms with van der Waals surface area (Å²) in [4.78, 5) is 17.6. The maximum atomic E-state index is 12.7. The molecule has 0 aromatic heterocycles. The molecule has 10 nitrogen and oxygen atoms in total. The number of hydroxylamine groups is 2. The number of amides is 1. The van der Waals surface area contributed by atoms with Crippen LogP contribution >= 0.6 is 0 Å². The van der Waals surface area contributed by atoms with Gasteiger partial charge >= 0.3 is 6.18 Å². The third-order valence-electron chi connectivity index (χ3n) is 5.60. The highest BCUT2D eigenvalue weighted by atomic mass is 32.2. The van der Waals surface area contributed by atoms with Gasteiger partial charge in [-0.25, -0.2) is 13.9 Å². The zero-order chi connectivity index (χ0) is 27.1. The minimum atomic E-state index is -4.47. The Balaban J connectivity index is 1.68. The lowest BCUT2D eigenvalue weighted by atomic mass is 10.0. The van der Waals surface area contributed by atoms with Crippen LogP contribution < -0.4 is 20.0 Å². The van der Waals surface area contributed by atoms with E-state index in [2.05, 4.69) is 5.48 Å². The Bertz CT molecular complexity index is 1120. The van der Waals surface area contributed by atoms with Gasteiger partial charge < -0.3 is 14.3 Å². The molecule has 0 saturated carbocycles. The van der Waals surface area contributed by atoms with Crippen LogP contribution in [0.2, 0.25) is 0 Å². The molecule has 0 unspecified atom stereocenters. The third kappa shape index (κ3) is 8.57. The van der Waals surface area contributed by atoms with Gasteiger partial charge in [0.15, 0.2) is 0 Å². The highest BCUT2D eigenvalue weighted by Gasteiger charge is 2.30. The number of nitrogens with zero attached hydrogens (tertiary/aromatic N) is 1. The van der Waals surface area contributed by atoms with Crippen molar-refractivity contribution in [1.82, 2.24) is 11.0 Å². The number of sulfonamides is 1. The largest absolute Gasteiger partial charge is 0.457 e. The molecular formula is C23H28F3N3O7S. The molecule has 1 saturated heterocycles. The van der Waals surface area contributed by atoms with Crippen LogP contribution in [0.15, 0.2) is 48.5 Å². The second-order valence-corrected chi connectivity index (χ2v) is 10.3. The average molecular weight is 548 g/mol. The summed E-state index contributed by atoms with van der Waals surface area (Å²) < 4.78 is 75.0. The summed E-state index contributed by atoms with van der Waals surface area (Å²) in [6, 6.07) is 8.56. The molecule has 1 amide bonds. The minimum absolute atomic E-state index is 0.159. The van der Waals surface area contributed by atoms with Gasteiger partial charge in [0.05, 0.1) is 30.7 Å². The number of benzene rings is 2. The number of rotatable bonds is 11. The number of anilines is 1. The van der Waals surface area contributed by atoms with Crippen molar-refractivity contribution in [2.75, 3.05) is 36.9 Å². The maximum absolute atomic E-state index is 12.7. The molecule has 2 aromatic carbocycles. The normalized spacial score (nSPS) is 15.7. The monoisotopic (exact) mass is 547 g/mol. The van der Waals surface area contributed by atoms with E-state index in [-0.39, 0.29) is 29.7 Å². The highest BCUT2D eigenvalue weighted by Crippen LogP contribution is 2.32. The van der Waals surface area contributed by atoms with Crippen molar-refractivity contribution in [3.8, 4) is 11.5 Å². The van der Waals surface area contributed by atoms with Crippen LogP contribution in [0.4, 0.5) is 18.9 Å². The smallest absolute Gasteiger partial charge is 0.416 e. The number of halogens is 3.